The normalized spacial score (nSPS) is 15.9. The third-order valence-corrected chi connectivity index (χ3v) is 4.36. The summed E-state index contributed by atoms with van der Waals surface area (Å²) in [7, 11) is 2.06. The van der Waals surface area contributed by atoms with Crippen molar-refractivity contribution in [2.24, 2.45) is 0 Å². The number of rotatable bonds is 3. The number of nitrogens with zero attached hydrogens (tertiary/aromatic N) is 6. The highest BCUT2D eigenvalue weighted by atomic mass is 19.3. The van der Waals surface area contributed by atoms with Crippen molar-refractivity contribution >= 4 is 17.0 Å². The highest BCUT2D eigenvalue weighted by Crippen LogP contribution is 2.27. The number of alkyl halides is 2. The van der Waals surface area contributed by atoms with Crippen LogP contribution in [0.15, 0.2) is 30.9 Å². The molecule has 4 rings (SSSR count). The predicted octanol–water partition coefficient (Wildman–Crippen LogP) is 2.29. The molecule has 0 aromatic carbocycles. The van der Waals surface area contributed by atoms with Gasteiger partial charge in [0.2, 0.25) is 0 Å². The highest BCUT2D eigenvalue weighted by Gasteiger charge is 2.17. The van der Waals surface area contributed by atoms with E-state index in [1.807, 2.05) is 6.20 Å². The zero-order valence-electron chi connectivity index (χ0n) is 13.6. The smallest absolute Gasteiger partial charge is 0.333 e. The maximum absolute atomic E-state index is 12.8. The minimum absolute atomic E-state index is 0.310. The molecule has 25 heavy (non-hydrogen) atoms. The molecule has 3 aromatic rings. The van der Waals surface area contributed by atoms with E-state index in [1.54, 1.807) is 10.6 Å². The van der Waals surface area contributed by atoms with Crippen LogP contribution in [-0.2, 0) is 0 Å². The molecule has 2 N–H and O–H groups in total. The average molecular weight is 345 g/mol. The van der Waals surface area contributed by atoms with Crippen LogP contribution in [0.4, 0.5) is 14.6 Å². The summed E-state index contributed by atoms with van der Waals surface area (Å²) in [6, 6.07) is 0. The van der Waals surface area contributed by atoms with E-state index in [1.165, 1.54) is 12.4 Å². The van der Waals surface area contributed by atoms with Gasteiger partial charge in [0.25, 0.3) is 0 Å². The van der Waals surface area contributed by atoms with Gasteiger partial charge in [-0.25, -0.2) is 14.6 Å². The quantitative estimate of drug-likeness (QED) is 0.788. The number of hydrogen-bond donors (Lipinski definition) is 1. The second-order valence-electron chi connectivity index (χ2n) is 6.08. The Hall–Kier alpha value is -2.81. The number of aromatic nitrogens is 5. The molecular formula is C16H17F2N7. The summed E-state index contributed by atoms with van der Waals surface area (Å²) >= 11 is 0. The molecule has 4 heterocycles. The fourth-order valence-electron chi connectivity index (χ4n) is 2.96. The predicted molar refractivity (Wildman–Crippen MR) is 90.0 cm³/mol. The second-order valence-corrected chi connectivity index (χ2v) is 6.08. The standard InChI is InChI=1S/C16H17F2N7/c1-23-4-2-10(3-5-23)12-9-24-13(7-20-15(24)14(19)22-12)11-6-21-25(8-11)16(17)18/h2,6-9,16H,3-5H2,1H3,(H2,19,22). The van der Waals surface area contributed by atoms with E-state index in [-0.39, 0.29) is 0 Å². The van der Waals surface area contributed by atoms with E-state index in [2.05, 4.69) is 33.1 Å². The molecule has 1 aliphatic rings. The van der Waals surface area contributed by atoms with Crippen LogP contribution in [-0.4, -0.2) is 49.2 Å². The molecule has 0 unspecified atom stereocenters. The highest BCUT2D eigenvalue weighted by molar-refractivity contribution is 5.72. The lowest BCUT2D eigenvalue weighted by Crippen LogP contribution is -2.24. The zero-order chi connectivity index (χ0) is 17.6. The van der Waals surface area contributed by atoms with Crippen LogP contribution in [0.3, 0.4) is 0 Å². The van der Waals surface area contributed by atoms with Crippen LogP contribution in [0.25, 0.3) is 22.5 Å². The van der Waals surface area contributed by atoms with Crippen molar-refractivity contribution in [1.29, 1.82) is 0 Å². The summed E-state index contributed by atoms with van der Waals surface area (Å²) in [4.78, 5) is 10.9. The van der Waals surface area contributed by atoms with E-state index in [0.29, 0.717) is 27.4 Å². The van der Waals surface area contributed by atoms with E-state index < -0.39 is 6.55 Å². The molecule has 0 radical (unpaired) electrons. The molecule has 130 valence electrons. The molecule has 0 spiro atoms. The molecule has 0 fully saturated rings. The first-order valence-corrected chi connectivity index (χ1v) is 7.87. The van der Waals surface area contributed by atoms with Gasteiger partial charge >= 0.3 is 6.55 Å². The van der Waals surface area contributed by atoms with Crippen LogP contribution in [0.5, 0.6) is 0 Å². The van der Waals surface area contributed by atoms with Crippen molar-refractivity contribution in [3.63, 3.8) is 0 Å². The number of hydrogen-bond acceptors (Lipinski definition) is 5. The van der Waals surface area contributed by atoms with Gasteiger partial charge in [-0.3, -0.25) is 4.40 Å². The van der Waals surface area contributed by atoms with Gasteiger partial charge in [-0.05, 0) is 19.0 Å². The van der Waals surface area contributed by atoms with Crippen LogP contribution in [0.1, 0.15) is 18.7 Å². The summed E-state index contributed by atoms with van der Waals surface area (Å²) in [6.07, 6.45) is 9.13. The van der Waals surface area contributed by atoms with Crippen molar-refractivity contribution < 1.29 is 8.78 Å². The maximum Gasteiger partial charge on any atom is 0.333 e. The average Bonchev–Trinajstić information content (AvgIpc) is 3.22. The Kier molecular flexibility index (Phi) is 3.72. The molecule has 7 nitrogen and oxygen atoms in total. The second kappa shape index (κ2) is 5.92. The van der Waals surface area contributed by atoms with Gasteiger partial charge in [0.15, 0.2) is 11.5 Å². The number of imidazole rings is 1. The summed E-state index contributed by atoms with van der Waals surface area (Å²) in [6.45, 7) is -0.879. The Bertz CT molecular complexity index is 957. The summed E-state index contributed by atoms with van der Waals surface area (Å²) < 4.78 is 27.9. The van der Waals surface area contributed by atoms with Gasteiger partial charge in [0.1, 0.15) is 0 Å². The SMILES string of the molecule is CN1CC=C(c2cn3c(-c4cnn(C(F)F)c4)cnc3c(N)n2)CC1. The number of anilines is 1. The fraction of sp³-hybridized carbons (Fsp3) is 0.312. The third-order valence-electron chi connectivity index (χ3n) is 4.36. The van der Waals surface area contributed by atoms with Gasteiger partial charge in [0, 0.05) is 31.0 Å². The van der Waals surface area contributed by atoms with E-state index >= 15 is 0 Å². The monoisotopic (exact) mass is 345 g/mol. The van der Waals surface area contributed by atoms with Crippen molar-refractivity contribution in [2.45, 2.75) is 13.0 Å². The molecule has 0 saturated carbocycles. The molecule has 0 aliphatic carbocycles. The molecule has 0 bridgehead atoms. The summed E-state index contributed by atoms with van der Waals surface area (Å²) in [5.41, 5.74) is 9.64. The van der Waals surface area contributed by atoms with Crippen LogP contribution < -0.4 is 5.73 Å². The topological polar surface area (TPSA) is 77.3 Å². The van der Waals surface area contributed by atoms with E-state index in [9.17, 15) is 8.78 Å². The van der Waals surface area contributed by atoms with Crippen LogP contribution >= 0.6 is 0 Å². The van der Waals surface area contributed by atoms with Gasteiger partial charge in [-0.2, -0.15) is 13.9 Å². The van der Waals surface area contributed by atoms with Crippen LogP contribution in [0, 0.1) is 0 Å². The Balaban J connectivity index is 1.81. The van der Waals surface area contributed by atoms with Gasteiger partial charge in [-0.15, -0.1) is 0 Å². The lowest BCUT2D eigenvalue weighted by Gasteiger charge is -2.21. The van der Waals surface area contributed by atoms with Crippen molar-refractivity contribution in [3.05, 3.63) is 36.6 Å². The number of likely N-dealkylation sites (N-methyl/N-ethyl adjacent to an activating group) is 1. The Morgan fingerprint density at radius 1 is 1.24 bits per heavy atom. The molecule has 0 atom stereocenters. The number of fused-ring (bicyclic) bond motifs is 1. The van der Waals surface area contributed by atoms with Gasteiger partial charge in [0.05, 0.1) is 23.8 Å². The largest absolute Gasteiger partial charge is 0.381 e. The summed E-state index contributed by atoms with van der Waals surface area (Å²) in [5, 5.41) is 3.68. The minimum atomic E-state index is -2.68. The third kappa shape index (κ3) is 2.76. The van der Waals surface area contributed by atoms with Crippen LogP contribution in [0.2, 0.25) is 0 Å². The lowest BCUT2D eigenvalue weighted by atomic mass is 10.1. The van der Waals surface area contributed by atoms with Crippen molar-refractivity contribution in [3.8, 4) is 11.3 Å². The van der Waals surface area contributed by atoms with Gasteiger partial charge < -0.3 is 10.6 Å². The Morgan fingerprint density at radius 3 is 2.76 bits per heavy atom. The molecule has 3 aromatic heterocycles. The van der Waals surface area contributed by atoms with Crippen molar-refractivity contribution in [1.82, 2.24) is 29.0 Å². The minimum Gasteiger partial charge on any atom is -0.381 e. The zero-order valence-corrected chi connectivity index (χ0v) is 13.6. The van der Waals surface area contributed by atoms with E-state index in [0.717, 1.165) is 30.8 Å². The Morgan fingerprint density at radius 2 is 2.08 bits per heavy atom. The first-order chi connectivity index (χ1) is 12.0. The molecule has 0 amide bonds. The summed E-state index contributed by atoms with van der Waals surface area (Å²) in [5.74, 6) is 0.310. The first-order valence-electron chi connectivity index (χ1n) is 7.87. The molecule has 1 aliphatic heterocycles. The number of nitrogen functional groups attached to an aromatic ring is 1. The molecular weight excluding hydrogens is 328 g/mol. The fourth-order valence-corrected chi connectivity index (χ4v) is 2.96. The number of halogens is 2. The first kappa shape index (κ1) is 15.7. The Labute approximate surface area is 142 Å². The molecule has 0 saturated heterocycles. The maximum atomic E-state index is 12.8. The molecule has 9 heteroatoms. The van der Waals surface area contributed by atoms with Gasteiger partial charge in [-0.1, -0.05) is 6.08 Å². The van der Waals surface area contributed by atoms with E-state index in [4.69, 9.17) is 5.73 Å². The number of nitrogens with two attached hydrogens (primary N) is 1. The van der Waals surface area contributed by atoms with Crippen molar-refractivity contribution in [2.75, 3.05) is 25.9 Å². The lowest BCUT2D eigenvalue weighted by molar-refractivity contribution is 0.0566.